The Balaban J connectivity index is 1.83. The van der Waals surface area contributed by atoms with E-state index in [2.05, 4.69) is 5.10 Å². The molecule has 0 bridgehead atoms. The summed E-state index contributed by atoms with van der Waals surface area (Å²) in [5.74, 6) is 0.0900. The topological polar surface area (TPSA) is 62.6 Å². The Morgan fingerprint density at radius 3 is 2.82 bits per heavy atom. The quantitative estimate of drug-likeness (QED) is 0.487. The van der Waals surface area contributed by atoms with Crippen molar-refractivity contribution in [1.29, 1.82) is 0 Å². The van der Waals surface area contributed by atoms with Crippen LogP contribution in [0, 0.1) is 0 Å². The van der Waals surface area contributed by atoms with Crippen LogP contribution in [0.1, 0.15) is 31.0 Å². The molecule has 0 saturated carbocycles. The van der Waals surface area contributed by atoms with Crippen LogP contribution in [0.3, 0.4) is 0 Å². The first-order valence-electron chi connectivity index (χ1n) is 9.16. The van der Waals surface area contributed by atoms with Crippen molar-refractivity contribution < 1.29 is 19.0 Å². The van der Waals surface area contributed by atoms with Crippen molar-refractivity contribution >= 4 is 35.2 Å². The predicted molar refractivity (Wildman–Crippen MR) is 108 cm³/mol. The second kappa shape index (κ2) is 9.96. The number of nitrogens with zero attached hydrogens (tertiary/aromatic N) is 2. The first-order valence-corrected chi connectivity index (χ1v) is 9.91. The van der Waals surface area contributed by atoms with Crippen molar-refractivity contribution in [3.63, 3.8) is 0 Å². The summed E-state index contributed by atoms with van der Waals surface area (Å²) in [6.45, 7) is 3.86. The molecule has 0 radical (unpaired) electrons. The third-order valence-electron chi connectivity index (χ3n) is 4.26. The number of carbonyl (C=O) groups is 1. The van der Waals surface area contributed by atoms with Crippen LogP contribution < -0.4 is 4.74 Å². The molecule has 28 heavy (non-hydrogen) atoms. The van der Waals surface area contributed by atoms with Gasteiger partial charge in [-0.05, 0) is 30.7 Å². The van der Waals surface area contributed by atoms with Gasteiger partial charge in [-0.3, -0.25) is 4.68 Å². The second-order valence-corrected chi connectivity index (χ2v) is 7.16. The van der Waals surface area contributed by atoms with Crippen molar-refractivity contribution in [2.45, 2.75) is 32.4 Å². The number of hydrogen-bond donors (Lipinski definition) is 0. The summed E-state index contributed by atoms with van der Waals surface area (Å²) in [5, 5.41) is 5.67. The van der Waals surface area contributed by atoms with Gasteiger partial charge in [0.25, 0.3) is 0 Å². The molecule has 0 N–H and O–H groups in total. The molecule has 0 unspecified atom stereocenters. The lowest BCUT2D eigenvalue weighted by atomic mass is 10.2. The van der Waals surface area contributed by atoms with E-state index in [0.717, 1.165) is 18.4 Å². The molecule has 0 atom stereocenters. The van der Waals surface area contributed by atoms with Crippen molar-refractivity contribution in [2.24, 2.45) is 0 Å². The van der Waals surface area contributed by atoms with Gasteiger partial charge in [-0.25, -0.2) is 4.79 Å². The normalized spacial score (nSPS) is 15.1. The maximum Gasteiger partial charge on any atom is 0.330 e. The highest BCUT2D eigenvalue weighted by Crippen LogP contribution is 2.24. The molecule has 1 aromatic heterocycles. The smallest absolute Gasteiger partial charge is 0.330 e. The van der Waals surface area contributed by atoms with E-state index in [1.165, 1.54) is 6.08 Å². The van der Waals surface area contributed by atoms with E-state index in [4.69, 9.17) is 37.4 Å². The molecule has 8 heteroatoms. The van der Waals surface area contributed by atoms with Gasteiger partial charge in [0, 0.05) is 35.0 Å². The molecule has 0 amide bonds. The van der Waals surface area contributed by atoms with Gasteiger partial charge in [-0.1, -0.05) is 29.3 Å². The van der Waals surface area contributed by atoms with Gasteiger partial charge < -0.3 is 14.2 Å². The minimum absolute atomic E-state index is 0.0677. The number of halogens is 2. The Kier molecular flexibility index (Phi) is 7.36. The molecule has 2 heterocycles. The van der Waals surface area contributed by atoms with Crippen LogP contribution in [-0.4, -0.2) is 41.7 Å². The molecule has 0 spiro atoms. The number of benzene rings is 1. The Morgan fingerprint density at radius 2 is 2.11 bits per heavy atom. The molecule has 2 aromatic rings. The zero-order valence-corrected chi connectivity index (χ0v) is 17.1. The molecule has 6 nitrogen and oxygen atoms in total. The van der Waals surface area contributed by atoms with Gasteiger partial charge in [-0.15, -0.1) is 5.10 Å². The van der Waals surface area contributed by atoms with E-state index < -0.39 is 5.97 Å². The summed E-state index contributed by atoms with van der Waals surface area (Å²) in [5.41, 5.74) is 1.57. The summed E-state index contributed by atoms with van der Waals surface area (Å²) >= 11 is 12.3. The summed E-state index contributed by atoms with van der Waals surface area (Å²) in [4.78, 5) is 11.7. The van der Waals surface area contributed by atoms with Crippen LogP contribution in [0.25, 0.3) is 6.08 Å². The van der Waals surface area contributed by atoms with E-state index in [-0.39, 0.29) is 6.10 Å². The second-order valence-electron chi connectivity index (χ2n) is 6.32. The van der Waals surface area contributed by atoms with Crippen molar-refractivity contribution in [1.82, 2.24) is 9.78 Å². The van der Waals surface area contributed by atoms with Gasteiger partial charge in [0.2, 0.25) is 5.88 Å². The monoisotopic (exact) mass is 424 g/mol. The molecule has 1 aromatic carbocycles. The Hall–Kier alpha value is -2.02. The molecule has 1 aliphatic heterocycles. The number of ether oxygens (including phenoxy) is 3. The Morgan fingerprint density at radius 1 is 1.32 bits per heavy atom. The summed E-state index contributed by atoms with van der Waals surface area (Å²) in [6.07, 6.45) is 4.75. The van der Waals surface area contributed by atoms with Crippen LogP contribution in [0.2, 0.25) is 10.0 Å². The fourth-order valence-corrected chi connectivity index (χ4v) is 3.31. The Labute approximate surface area is 174 Å². The van der Waals surface area contributed by atoms with Crippen LogP contribution in [0.15, 0.2) is 30.3 Å². The van der Waals surface area contributed by atoms with Gasteiger partial charge in [0.1, 0.15) is 6.10 Å². The highest BCUT2D eigenvalue weighted by Gasteiger charge is 2.18. The molecule has 3 rings (SSSR count). The standard InChI is InChI=1S/C20H22Cl2N2O4/c1-2-27-20(25)6-5-16-12-19(28-17-7-9-26-10-8-17)23-24(16)13-14-3-4-15(21)11-18(14)22/h3-6,11-12,17H,2,7-10,13H2,1H3/b6-5+. The Bertz CT molecular complexity index is 845. The van der Waals surface area contributed by atoms with E-state index in [1.54, 1.807) is 35.9 Å². The van der Waals surface area contributed by atoms with E-state index in [9.17, 15) is 4.79 Å². The lowest BCUT2D eigenvalue weighted by molar-refractivity contribution is -0.137. The van der Waals surface area contributed by atoms with Crippen molar-refractivity contribution in [3.8, 4) is 5.88 Å². The lowest BCUT2D eigenvalue weighted by Crippen LogP contribution is -2.26. The van der Waals surface area contributed by atoms with Gasteiger partial charge in [-0.2, -0.15) is 0 Å². The molecule has 1 aliphatic rings. The minimum atomic E-state index is -0.410. The van der Waals surface area contributed by atoms with E-state index >= 15 is 0 Å². The maximum atomic E-state index is 11.7. The summed E-state index contributed by atoms with van der Waals surface area (Å²) < 4.78 is 18.0. The molecule has 1 fully saturated rings. The number of aromatic nitrogens is 2. The average Bonchev–Trinajstić information content (AvgIpc) is 3.04. The van der Waals surface area contributed by atoms with Crippen molar-refractivity contribution in [3.05, 3.63) is 51.6 Å². The van der Waals surface area contributed by atoms with E-state index in [0.29, 0.717) is 48.0 Å². The fraction of sp³-hybridized carbons (Fsp3) is 0.400. The predicted octanol–water partition coefficient (Wildman–Crippen LogP) is 4.37. The van der Waals surface area contributed by atoms with Crippen molar-refractivity contribution in [2.75, 3.05) is 19.8 Å². The third-order valence-corrected chi connectivity index (χ3v) is 4.84. The SMILES string of the molecule is CCOC(=O)/C=C/c1cc(OC2CCOCC2)nn1Cc1ccc(Cl)cc1Cl. The first kappa shape index (κ1) is 20.7. The van der Waals surface area contributed by atoms with Crippen LogP contribution >= 0.6 is 23.2 Å². The molecule has 0 aliphatic carbocycles. The fourth-order valence-electron chi connectivity index (χ4n) is 2.84. The summed E-state index contributed by atoms with van der Waals surface area (Å²) in [6, 6.07) is 7.12. The minimum Gasteiger partial charge on any atom is -0.473 e. The molecule has 1 saturated heterocycles. The largest absolute Gasteiger partial charge is 0.473 e. The highest BCUT2D eigenvalue weighted by atomic mass is 35.5. The number of rotatable bonds is 7. The number of carbonyl (C=O) groups excluding carboxylic acids is 1. The number of hydrogen-bond acceptors (Lipinski definition) is 5. The van der Waals surface area contributed by atoms with Gasteiger partial charge in [0.15, 0.2) is 0 Å². The van der Waals surface area contributed by atoms with Gasteiger partial charge >= 0.3 is 5.97 Å². The third kappa shape index (κ3) is 5.74. The molecular formula is C20H22Cl2N2O4. The number of esters is 1. The van der Waals surface area contributed by atoms with Crippen LogP contribution in [0.5, 0.6) is 5.88 Å². The molecular weight excluding hydrogens is 403 g/mol. The summed E-state index contributed by atoms with van der Waals surface area (Å²) in [7, 11) is 0. The van der Waals surface area contributed by atoms with E-state index in [1.807, 2.05) is 6.07 Å². The average molecular weight is 425 g/mol. The lowest BCUT2D eigenvalue weighted by Gasteiger charge is -2.21. The van der Waals surface area contributed by atoms with Crippen LogP contribution in [0.4, 0.5) is 0 Å². The zero-order chi connectivity index (χ0) is 19.9. The molecule has 150 valence electrons. The maximum absolute atomic E-state index is 11.7. The zero-order valence-electron chi connectivity index (χ0n) is 15.6. The first-order chi connectivity index (χ1) is 13.5. The van der Waals surface area contributed by atoms with Gasteiger partial charge in [0.05, 0.1) is 32.1 Å². The van der Waals surface area contributed by atoms with Crippen LogP contribution in [-0.2, 0) is 20.8 Å². The highest BCUT2D eigenvalue weighted by molar-refractivity contribution is 6.35.